The first-order valence-corrected chi connectivity index (χ1v) is 11.2. The van der Waals surface area contributed by atoms with Crippen molar-refractivity contribution in [3.63, 3.8) is 0 Å². The van der Waals surface area contributed by atoms with Crippen LogP contribution in [0.1, 0.15) is 32.1 Å². The lowest BCUT2D eigenvalue weighted by molar-refractivity contribution is -0.270. The van der Waals surface area contributed by atoms with Crippen LogP contribution in [0, 0.1) is 0 Å². The molecule has 1 aromatic heterocycles. The Morgan fingerprint density at radius 2 is 1.84 bits per heavy atom. The molecule has 2 fully saturated rings. The quantitative estimate of drug-likeness (QED) is 0.358. The lowest BCUT2D eigenvalue weighted by Crippen LogP contribution is -2.61. The van der Waals surface area contributed by atoms with Crippen LogP contribution < -0.4 is 10.5 Å². The van der Waals surface area contributed by atoms with Gasteiger partial charge in [-0.1, -0.05) is 30.9 Å². The molecule has 5 atom stereocenters. The highest BCUT2D eigenvalue weighted by molar-refractivity contribution is 9.10. The van der Waals surface area contributed by atoms with Crippen molar-refractivity contribution in [1.29, 1.82) is 0 Å². The molecular weight excluding hydrogens is 496 g/mol. The molecule has 2 aliphatic rings. The maximum absolute atomic E-state index is 11.1. The molecule has 7 N–H and O–H groups in total. The number of aliphatic hydroxyl groups is 3. The number of carbonyl (C=O) groups is 1. The summed E-state index contributed by atoms with van der Waals surface area (Å²) in [7, 11) is 0. The third kappa shape index (κ3) is 5.70. The molecule has 1 saturated heterocycles. The number of aliphatic carboxylic acids is 1. The Kier molecular flexibility index (Phi) is 8.19. The lowest BCUT2D eigenvalue weighted by Gasteiger charge is -2.38. The zero-order valence-corrected chi connectivity index (χ0v) is 18.9. The number of rotatable bonds is 3. The predicted molar refractivity (Wildman–Crippen MR) is 117 cm³/mol. The summed E-state index contributed by atoms with van der Waals surface area (Å²) in [5, 5.41) is 39.6. The van der Waals surface area contributed by atoms with Gasteiger partial charge in [-0.15, -0.1) is 0 Å². The fourth-order valence-corrected chi connectivity index (χ4v) is 4.10. The van der Waals surface area contributed by atoms with Gasteiger partial charge in [0, 0.05) is 22.1 Å². The van der Waals surface area contributed by atoms with Crippen molar-refractivity contribution in [2.45, 2.75) is 68.9 Å². The van der Waals surface area contributed by atoms with Gasteiger partial charge in [0.1, 0.15) is 24.1 Å². The molecule has 0 radical (unpaired) electrons. The van der Waals surface area contributed by atoms with E-state index in [-0.39, 0.29) is 5.75 Å². The van der Waals surface area contributed by atoms with Crippen LogP contribution in [-0.4, -0.2) is 68.1 Å². The summed E-state index contributed by atoms with van der Waals surface area (Å²) in [5.74, 6) is -1.21. The summed E-state index contributed by atoms with van der Waals surface area (Å²) in [6, 6.07) is 3.87. The molecule has 1 aliphatic heterocycles. The average molecular weight is 522 g/mol. The number of aliphatic hydroxyl groups excluding tert-OH is 3. The van der Waals surface area contributed by atoms with Crippen LogP contribution in [0.3, 0.4) is 0 Å². The second-order valence-corrected chi connectivity index (χ2v) is 8.98. The minimum absolute atomic E-state index is 0.263. The van der Waals surface area contributed by atoms with Gasteiger partial charge in [-0.3, -0.25) is 0 Å². The Bertz CT molecular complexity index is 905. The summed E-state index contributed by atoms with van der Waals surface area (Å²) >= 11 is 9.29. The van der Waals surface area contributed by atoms with E-state index in [1.54, 1.807) is 12.1 Å². The van der Waals surface area contributed by atoms with Gasteiger partial charge in [-0.2, -0.15) is 0 Å². The zero-order chi connectivity index (χ0) is 22.7. The predicted octanol–water partition coefficient (Wildman–Crippen LogP) is 2.13. The fraction of sp³-hybridized carbons (Fsp3) is 0.550. The van der Waals surface area contributed by atoms with Crippen molar-refractivity contribution in [3.05, 3.63) is 27.8 Å². The first-order valence-electron chi connectivity index (χ1n) is 10.00. The highest BCUT2D eigenvalue weighted by Crippen LogP contribution is 2.35. The molecule has 2 aromatic rings. The number of nitrogens with one attached hydrogen (secondary N) is 1. The largest absolute Gasteiger partial charge is 0.479 e. The van der Waals surface area contributed by atoms with Crippen LogP contribution in [-0.2, 0) is 9.53 Å². The summed E-state index contributed by atoms with van der Waals surface area (Å²) in [6.07, 6.45) is -0.175. The van der Waals surface area contributed by atoms with Gasteiger partial charge in [0.15, 0.2) is 6.10 Å². The van der Waals surface area contributed by atoms with Gasteiger partial charge in [0.2, 0.25) is 6.29 Å². The van der Waals surface area contributed by atoms with E-state index in [1.165, 1.54) is 38.3 Å². The lowest BCUT2D eigenvalue weighted by atomic mass is 9.97. The molecule has 9 nitrogen and oxygen atoms in total. The van der Waals surface area contributed by atoms with Gasteiger partial charge in [-0.05, 0) is 40.9 Å². The standard InChI is InChI=1S/C14H13BrClNO7.C6H13N/c15-5-1-4-7(2-6(5)16)17-3-8(4)23-14-11(20)9(18)10(19)12(24-14)13(21)22;7-6-4-2-1-3-5-6/h1-3,9-12,14,17-20H,(H,21,22);6H,1-5,7H2/t9-,10-,11+,12-,14+;/m0./s1. The smallest absolute Gasteiger partial charge is 0.335 e. The number of carboxylic acid groups (broad SMARTS) is 1. The number of hydrogen-bond donors (Lipinski definition) is 6. The van der Waals surface area contributed by atoms with Crippen molar-refractivity contribution in [2.75, 3.05) is 0 Å². The van der Waals surface area contributed by atoms with Crippen molar-refractivity contribution in [1.82, 2.24) is 4.98 Å². The minimum atomic E-state index is -1.77. The van der Waals surface area contributed by atoms with Gasteiger partial charge < -0.3 is 40.6 Å². The number of carboxylic acids is 1. The van der Waals surface area contributed by atoms with Gasteiger partial charge in [0.25, 0.3) is 0 Å². The molecule has 172 valence electrons. The molecule has 4 rings (SSSR count). The van der Waals surface area contributed by atoms with Crippen molar-refractivity contribution >= 4 is 44.4 Å². The Hall–Kier alpha value is -1.40. The molecule has 0 unspecified atom stereocenters. The van der Waals surface area contributed by atoms with Crippen LogP contribution >= 0.6 is 27.5 Å². The number of hydrogen-bond acceptors (Lipinski definition) is 7. The fourth-order valence-electron chi connectivity index (χ4n) is 3.60. The van der Waals surface area contributed by atoms with Gasteiger partial charge in [0.05, 0.1) is 10.5 Å². The zero-order valence-electron chi connectivity index (χ0n) is 16.6. The summed E-state index contributed by atoms with van der Waals surface area (Å²) in [6.45, 7) is 0. The first kappa shape index (κ1) is 24.2. The van der Waals surface area contributed by atoms with Crippen LogP contribution in [0.5, 0.6) is 5.75 Å². The Labute approximate surface area is 192 Å². The topological polar surface area (TPSA) is 158 Å². The Morgan fingerprint density at radius 1 is 1.16 bits per heavy atom. The molecule has 0 amide bonds. The number of ether oxygens (including phenoxy) is 2. The molecular formula is C20H26BrClN2O7. The molecule has 0 spiro atoms. The molecule has 1 aliphatic carbocycles. The van der Waals surface area contributed by atoms with Crippen molar-refractivity contribution < 1.29 is 34.7 Å². The van der Waals surface area contributed by atoms with Crippen molar-refractivity contribution in [3.8, 4) is 5.75 Å². The SMILES string of the molecule is NC1CCCCC1.O=C(O)[C@H]1O[C@@H](Oc2c[nH]c3cc(Cl)c(Br)cc23)[C@H](O)[C@@H](O)[C@@H]1O. The van der Waals surface area contributed by atoms with E-state index >= 15 is 0 Å². The van der Waals surface area contributed by atoms with Crippen molar-refractivity contribution in [2.24, 2.45) is 5.73 Å². The van der Waals surface area contributed by atoms with Gasteiger partial charge in [-0.25, -0.2) is 4.79 Å². The summed E-state index contributed by atoms with van der Waals surface area (Å²) < 4.78 is 11.2. The van der Waals surface area contributed by atoms with E-state index in [4.69, 9.17) is 31.9 Å². The maximum atomic E-state index is 11.1. The maximum Gasteiger partial charge on any atom is 0.335 e. The van der Waals surface area contributed by atoms with Crippen LogP contribution in [0.4, 0.5) is 0 Å². The van der Waals surface area contributed by atoms with E-state index in [9.17, 15) is 20.1 Å². The number of aromatic nitrogens is 1. The molecule has 2 heterocycles. The van der Waals surface area contributed by atoms with Gasteiger partial charge >= 0.3 is 5.97 Å². The van der Waals surface area contributed by atoms with E-state index in [0.717, 1.165) is 0 Å². The molecule has 11 heteroatoms. The van der Waals surface area contributed by atoms with E-state index in [0.29, 0.717) is 26.4 Å². The molecule has 0 bridgehead atoms. The molecule has 31 heavy (non-hydrogen) atoms. The third-order valence-electron chi connectivity index (χ3n) is 5.39. The monoisotopic (exact) mass is 520 g/mol. The van der Waals surface area contributed by atoms with Crippen LogP contribution in [0.2, 0.25) is 5.02 Å². The number of nitrogens with two attached hydrogens (primary N) is 1. The van der Waals surface area contributed by atoms with Crippen LogP contribution in [0.15, 0.2) is 22.8 Å². The van der Waals surface area contributed by atoms with E-state index < -0.39 is 36.7 Å². The normalized spacial score (nSPS) is 29.3. The van der Waals surface area contributed by atoms with E-state index in [2.05, 4.69) is 20.9 Å². The minimum Gasteiger partial charge on any atom is -0.479 e. The summed E-state index contributed by atoms with van der Waals surface area (Å²) in [5.41, 5.74) is 6.29. The van der Waals surface area contributed by atoms with E-state index in [1.807, 2.05) is 0 Å². The average Bonchev–Trinajstić information content (AvgIpc) is 3.11. The number of benzene rings is 1. The summed E-state index contributed by atoms with van der Waals surface area (Å²) in [4.78, 5) is 14.0. The molecule has 1 saturated carbocycles. The second kappa shape index (κ2) is 10.5. The highest BCUT2D eigenvalue weighted by Gasteiger charge is 2.48. The first-order chi connectivity index (χ1) is 14.7. The third-order valence-corrected chi connectivity index (χ3v) is 6.59. The Morgan fingerprint density at radius 3 is 2.42 bits per heavy atom. The Balaban J connectivity index is 0.000000330. The number of halogens is 2. The highest BCUT2D eigenvalue weighted by atomic mass is 79.9. The molecule has 1 aromatic carbocycles. The number of H-pyrrole nitrogens is 1. The second-order valence-electron chi connectivity index (χ2n) is 7.72. The van der Waals surface area contributed by atoms with Crippen LogP contribution in [0.25, 0.3) is 10.9 Å². The number of fused-ring (bicyclic) bond motifs is 1. The number of aromatic amines is 1.